The number of likely N-dealkylation sites (tertiary alicyclic amines) is 1. The molecule has 1 atom stereocenters. The minimum atomic E-state index is -0.0365. The van der Waals surface area contributed by atoms with Crippen molar-refractivity contribution in [3.63, 3.8) is 0 Å². The van der Waals surface area contributed by atoms with Crippen molar-refractivity contribution in [2.75, 3.05) is 13.1 Å². The Kier molecular flexibility index (Phi) is 4.21. The third kappa shape index (κ3) is 3.09. The van der Waals surface area contributed by atoms with Gasteiger partial charge in [-0.1, -0.05) is 28.1 Å². The van der Waals surface area contributed by atoms with Crippen LogP contribution in [0.2, 0.25) is 0 Å². The third-order valence-electron chi connectivity index (χ3n) is 3.39. The minimum absolute atomic E-state index is 0.0365. The molecule has 1 unspecified atom stereocenters. The van der Waals surface area contributed by atoms with Crippen LogP contribution in [-0.2, 0) is 4.79 Å². The molecular weight excluding hydrogens is 278 g/mol. The molecule has 3 heteroatoms. The Morgan fingerprint density at radius 1 is 1.29 bits per heavy atom. The first kappa shape index (κ1) is 12.6. The van der Waals surface area contributed by atoms with Gasteiger partial charge in [0.25, 0.3) is 0 Å². The molecule has 92 valence electrons. The van der Waals surface area contributed by atoms with Crippen molar-refractivity contribution in [3.8, 4) is 0 Å². The Hall–Kier alpha value is -0.830. The van der Waals surface area contributed by atoms with E-state index in [1.165, 1.54) is 6.42 Å². The summed E-state index contributed by atoms with van der Waals surface area (Å²) < 4.78 is 1.04. The lowest BCUT2D eigenvalue weighted by molar-refractivity contribution is -0.133. The average molecular weight is 296 g/mol. The SMILES string of the molecule is CC(C(=O)N1CCCCC1)c1cccc(Br)c1. The van der Waals surface area contributed by atoms with E-state index in [0.29, 0.717) is 0 Å². The first-order chi connectivity index (χ1) is 8.18. The van der Waals surface area contributed by atoms with Crippen LogP contribution < -0.4 is 0 Å². The number of halogens is 1. The highest BCUT2D eigenvalue weighted by atomic mass is 79.9. The van der Waals surface area contributed by atoms with Crippen LogP contribution in [0.15, 0.2) is 28.7 Å². The lowest BCUT2D eigenvalue weighted by atomic mass is 9.98. The van der Waals surface area contributed by atoms with E-state index < -0.39 is 0 Å². The van der Waals surface area contributed by atoms with Gasteiger partial charge in [0.1, 0.15) is 0 Å². The van der Waals surface area contributed by atoms with Gasteiger partial charge in [0.15, 0.2) is 0 Å². The molecule has 1 heterocycles. The number of piperidine rings is 1. The van der Waals surface area contributed by atoms with Gasteiger partial charge in [-0.15, -0.1) is 0 Å². The standard InChI is InChI=1S/C14H18BrNO/c1-11(12-6-5-7-13(15)10-12)14(17)16-8-3-2-4-9-16/h5-7,10-11H,2-4,8-9H2,1H3. The Labute approximate surface area is 111 Å². The van der Waals surface area contributed by atoms with E-state index in [2.05, 4.69) is 15.9 Å². The Bertz CT molecular complexity index is 399. The van der Waals surface area contributed by atoms with Crippen LogP contribution in [0, 0.1) is 0 Å². The summed E-state index contributed by atoms with van der Waals surface area (Å²) in [5.41, 5.74) is 1.09. The molecular formula is C14H18BrNO. The molecule has 1 aliphatic heterocycles. The number of hydrogen-bond donors (Lipinski definition) is 0. The van der Waals surface area contributed by atoms with Crippen LogP contribution in [0.1, 0.15) is 37.7 Å². The van der Waals surface area contributed by atoms with Crippen LogP contribution >= 0.6 is 15.9 Å². The zero-order valence-electron chi connectivity index (χ0n) is 10.2. The van der Waals surface area contributed by atoms with Gasteiger partial charge in [-0.3, -0.25) is 4.79 Å². The molecule has 17 heavy (non-hydrogen) atoms. The number of nitrogens with zero attached hydrogens (tertiary/aromatic N) is 1. The number of benzene rings is 1. The third-order valence-corrected chi connectivity index (χ3v) is 3.88. The number of rotatable bonds is 2. The van der Waals surface area contributed by atoms with Gasteiger partial charge >= 0.3 is 0 Å². The minimum Gasteiger partial charge on any atom is -0.342 e. The van der Waals surface area contributed by atoms with Crippen molar-refractivity contribution in [2.24, 2.45) is 0 Å². The Morgan fingerprint density at radius 3 is 2.65 bits per heavy atom. The van der Waals surface area contributed by atoms with E-state index in [1.54, 1.807) is 0 Å². The molecule has 1 saturated heterocycles. The quantitative estimate of drug-likeness (QED) is 0.817. The zero-order chi connectivity index (χ0) is 12.3. The molecule has 0 aliphatic carbocycles. The van der Waals surface area contributed by atoms with Crippen LogP contribution in [0.5, 0.6) is 0 Å². The van der Waals surface area contributed by atoms with E-state index >= 15 is 0 Å². The summed E-state index contributed by atoms with van der Waals surface area (Å²) in [6, 6.07) is 8.03. The highest BCUT2D eigenvalue weighted by Gasteiger charge is 2.23. The molecule has 0 saturated carbocycles. The maximum Gasteiger partial charge on any atom is 0.229 e. The molecule has 1 aromatic carbocycles. The highest BCUT2D eigenvalue weighted by Crippen LogP contribution is 2.23. The second-order valence-electron chi connectivity index (χ2n) is 4.66. The molecule has 2 nitrogen and oxygen atoms in total. The summed E-state index contributed by atoms with van der Waals surface area (Å²) in [5, 5.41) is 0. The molecule has 1 aliphatic rings. The van der Waals surface area contributed by atoms with Gasteiger partial charge in [0.05, 0.1) is 5.92 Å². The van der Waals surface area contributed by atoms with Crippen molar-refractivity contribution in [1.29, 1.82) is 0 Å². The lowest BCUT2D eigenvalue weighted by Crippen LogP contribution is -2.38. The second-order valence-corrected chi connectivity index (χ2v) is 5.58. The molecule has 1 amide bonds. The van der Waals surface area contributed by atoms with Crippen molar-refractivity contribution in [1.82, 2.24) is 4.90 Å². The number of amides is 1. The van der Waals surface area contributed by atoms with Crippen LogP contribution in [0.4, 0.5) is 0 Å². The van der Waals surface area contributed by atoms with E-state index in [-0.39, 0.29) is 11.8 Å². The van der Waals surface area contributed by atoms with Gasteiger partial charge < -0.3 is 4.90 Å². The average Bonchev–Trinajstić information content (AvgIpc) is 2.38. The van der Waals surface area contributed by atoms with Crippen molar-refractivity contribution < 1.29 is 4.79 Å². The normalized spacial score (nSPS) is 17.9. The summed E-state index contributed by atoms with van der Waals surface area (Å²) in [4.78, 5) is 14.3. The fraction of sp³-hybridized carbons (Fsp3) is 0.500. The van der Waals surface area contributed by atoms with Gasteiger partial charge in [0.2, 0.25) is 5.91 Å². The first-order valence-corrected chi connectivity index (χ1v) is 7.02. The summed E-state index contributed by atoms with van der Waals surface area (Å²) in [6.45, 7) is 3.85. The first-order valence-electron chi connectivity index (χ1n) is 6.23. The van der Waals surface area contributed by atoms with Gasteiger partial charge in [-0.25, -0.2) is 0 Å². The van der Waals surface area contributed by atoms with E-state index in [1.807, 2.05) is 36.1 Å². The van der Waals surface area contributed by atoms with Crippen LogP contribution in [-0.4, -0.2) is 23.9 Å². The predicted octanol–water partition coefficient (Wildman–Crippen LogP) is 3.57. The molecule has 1 aromatic rings. The summed E-state index contributed by atoms with van der Waals surface area (Å²) >= 11 is 3.45. The maximum atomic E-state index is 12.3. The summed E-state index contributed by atoms with van der Waals surface area (Å²) in [7, 11) is 0. The van der Waals surface area contributed by atoms with Gasteiger partial charge in [0, 0.05) is 17.6 Å². The number of hydrogen-bond acceptors (Lipinski definition) is 1. The second kappa shape index (κ2) is 5.67. The topological polar surface area (TPSA) is 20.3 Å². The van der Waals surface area contributed by atoms with Gasteiger partial charge in [-0.05, 0) is 43.9 Å². The highest BCUT2D eigenvalue weighted by molar-refractivity contribution is 9.10. The molecule has 1 fully saturated rings. The Balaban J connectivity index is 2.08. The fourth-order valence-electron chi connectivity index (χ4n) is 2.31. The maximum absolute atomic E-state index is 12.3. The molecule has 0 bridgehead atoms. The monoisotopic (exact) mass is 295 g/mol. The number of carbonyl (C=O) groups excluding carboxylic acids is 1. The number of carbonyl (C=O) groups is 1. The molecule has 2 rings (SSSR count). The zero-order valence-corrected chi connectivity index (χ0v) is 11.7. The largest absolute Gasteiger partial charge is 0.342 e. The van der Waals surface area contributed by atoms with Crippen molar-refractivity contribution in [3.05, 3.63) is 34.3 Å². The van der Waals surface area contributed by atoms with E-state index in [4.69, 9.17) is 0 Å². The fourth-order valence-corrected chi connectivity index (χ4v) is 2.72. The predicted molar refractivity (Wildman–Crippen MR) is 73.0 cm³/mol. The molecule has 0 aromatic heterocycles. The summed E-state index contributed by atoms with van der Waals surface area (Å²) in [5.74, 6) is 0.230. The lowest BCUT2D eigenvalue weighted by Gasteiger charge is -2.29. The van der Waals surface area contributed by atoms with E-state index in [0.717, 1.165) is 36.0 Å². The van der Waals surface area contributed by atoms with Crippen molar-refractivity contribution in [2.45, 2.75) is 32.1 Å². The van der Waals surface area contributed by atoms with Crippen LogP contribution in [0.25, 0.3) is 0 Å². The summed E-state index contributed by atoms with van der Waals surface area (Å²) in [6.07, 6.45) is 3.56. The van der Waals surface area contributed by atoms with Crippen molar-refractivity contribution >= 4 is 21.8 Å². The van der Waals surface area contributed by atoms with E-state index in [9.17, 15) is 4.79 Å². The molecule has 0 radical (unpaired) electrons. The molecule has 0 N–H and O–H groups in total. The van der Waals surface area contributed by atoms with Gasteiger partial charge in [-0.2, -0.15) is 0 Å². The molecule has 0 spiro atoms. The van der Waals surface area contributed by atoms with Crippen LogP contribution in [0.3, 0.4) is 0 Å². The smallest absolute Gasteiger partial charge is 0.229 e. The Morgan fingerprint density at radius 2 is 2.00 bits per heavy atom.